The maximum Gasteiger partial charge on any atom is 0.290 e. The van der Waals surface area contributed by atoms with Crippen molar-refractivity contribution in [1.82, 2.24) is 4.90 Å². The van der Waals surface area contributed by atoms with Gasteiger partial charge in [-0.25, -0.2) is 0 Å². The predicted octanol–water partition coefficient (Wildman–Crippen LogP) is 5.28. The van der Waals surface area contributed by atoms with Crippen LogP contribution in [0.5, 0.6) is 11.5 Å². The number of rotatable bonds is 14. The minimum Gasteiger partial charge on any atom is -0.503 e. The number of aliphatic hydroxyl groups is 1. The summed E-state index contributed by atoms with van der Waals surface area (Å²) >= 11 is 0. The van der Waals surface area contributed by atoms with Crippen molar-refractivity contribution in [2.24, 2.45) is 0 Å². The molecule has 0 aliphatic carbocycles. The fraction of sp³-hybridized carbons (Fsp3) is 0.379. The second kappa shape index (κ2) is 13.5. The molecule has 7 heteroatoms. The van der Waals surface area contributed by atoms with E-state index in [4.69, 9.17) is 14.2 Å². The van der Waals surface area contributed by atoms with E-state index in [1.807, 2.05) is 36.4 Å². The molecule has 0 fully saturated rings. The van der Waals surface area contributed by atoms with Crippen LogP contribution in [-0.4, -0.2) is 55.7 Å². The van der Waals surface area contributed by atoms with Crippen molar-refractivity contribution < 1.29 is 28.9 Å². The first kappa shape index (κ1) is 27.0. The first-order valence-corrected chi connectivity index (χ1v) is 12.3. The Morgan fingerprint density at radius 1 is 1.03 bits per heavy atom. The molecule has 0 saturated heterocycles. The number of amides is 1. The Morgan fingerprint density at radius 2 is 1.81 bits per heavy atom. The van der Waals surface area contributed by atoms with Gasteiger partial charge in [-0.3, -0.25) is 9.59 Å². The van der Waals surface area contributed by atoms with Crippen molar-refractivity contribution in [3.63, 3.8) is 0 Å². The number of allylic oxidation sites excluding steroid dienone is 1. The first-order chi connectivity index (χ1) is 17.5. The van der Waals surface area contributed by atoms with E-state index in [2.05, 4.69) is 6.92 Å². The average molecular weight is 494 g/mol. The Bertz CT molecular complexity index is 1090. The minimum absolute atomic E-state index is 0.0447. The smallest absolute Gasteiger partial charge is 0.290 e. The number of hydrogen-bond donors (Lipinski definition) is 1. The molecule has 36 heavy (non-hydrogen) atoms. The molecule has 3 rings (SSSR count). The second-order valence-corrected chi connectivity index (χ2v) is 8.58. The fourth-order valence-electron chi connectivity index (χ4n) is 4.20. The lowest BCUT2D eigenvalue weighted by atomic mass is 9.95. The molecule has 1 aliphatic rings. The predicted molar refractivity (Wildman–Crippen MR) is 139 cm³/mol. The number of unbranched alkanes of at least 4 members (excludes halogenated alkanes) is 2. The van der Waals surface area contributed by atoms with Crippen LogP contribution in [0.4, 0.5) is 0 Å². The monoisotopic (exact) mass is 493 g/mol. The summed E-state index contributed by atoms with van der Waals surface area (Å²) in [5, 5.41) is 10.8. The quantitative estimate of drug-likeness (QED) is 0.285. The molecule has 0 bridgehead atoms. The third kappa shape index (κ3) is 6.55. The number of nitrogens with zero attached hydrogens (tertiary/aromatic N) is 1. The molecule has 2 aromatic carbocycles. The van der Waals surface area contributed by atoms with Crippen LogP contribution >= 0.6 is 0 Å². The fourth-order valence-corrected chi connectivity index (χ4v) is 4.20. The summed E-state index contributed by atoms with van der Waals surface area (Å²) in [7, 11) is 3.14. The van der Waals surface area contributed by atoms with Gasteiger partial charge in [0, 0.05) is 20.3 Å². The third-order valence-corrected chi connectivity index (χ3v) is 6.05. The molecular formula is C29H35NO6. The summed E-state index contributed by atoms with van der Waals surface area (Å²) in [5.41, 5.74) is 1.54. The highest BCUT2D eigenvalue weighted by molar-refractivity contribution is 6.14. The van der Waals surface area contributed by atoms with Crippen molar-refractivity contribution >= 4 is 17.8 Å². The standard InChI is InChI=1S/C29H35NO6/c1-4-5-9-19-36-24-16-14-22(20-25(24)35-3)27-26(23(31)15-13-21-11-7-6-8-12-21)28(32)29(33)30(27)17-10-18-34-2/h6-8,11-16,20,27,32H,4-5,9-10,17-19H2,1-3H3/b15-13+. The number of aliphatic hydroxyl groups excluding tert-OH is 1. The largest absolute Gasteiger partial charge is 0.503 e. The van der Waals surface area contributed by atoms with Crippen LogP contribution in [0.25, 0.3) is 6.08 Å². The van der Waals surface area contributed by atoms with Crippen LogP contribution < -0.4 is 9.47 Å². The number of carbonyl (C=O) groups is 2. The first-order valence-electron chi connectivity index (χ1n) is 12.3. The van der Waals surface area contributed by atoms with E-state index in [0.717, 1.165) is 24.8 Å². The number of methoxy groups -OCH3 is 2. The van der Waals surface area contributed by atoms with Gasteiger partial charge in [-0.1, -0.05) is 62.2 Å². The van der Waals surface area contributed by atoms with E-state index in [1.165, 1.54) is 11.0 Å². The number of hydrogen-bond acceptors (Lipinski definition) is 6. The number of benzene rings is 2. The molecular weight excluding hydrogens is 458 g/mol. The Kier molecular flexibility index (Phi) is 10.1. The lowest BCUT2D eigenvalue weighted by molar-refractivity contribution is -0.129. The van der Waals surface area contributed by atoms with E-state index < -0.39 is 23.5 Å². The van der Waals surface area contributed by atoms with Gasteiger partial charge >= 0.3 is 0 Å². The van der Waals surface area contributed by atoms with E-state index in [0.29, 0.717) is 43.2 Å². The summed E-state index contributed by atoms with van der Waals surface area (Å²) in [5.74, 6) is -0.433. The van der Waals surface area contributed by atoms with Gasteiger partial charge < -0.3 is 24.2 Å². The van der Waals surface area contributed by atoms with E-state index in [1.54, 1.807) is 32.4 Å². The normalized spacial score (nSPS) is 15.7. The molecule has 0 saturated carbocycles. The van der Waals surface area contributed by atoms with Crippen molar-refractivity contribution in [2.75, 3.05) is 34.0 Å². The molecule has 0 spiro atoms. The van der Waals surface area contributed by atoms with Crippen LogP contribution in [0, 0.1) is 0 Å². The molecule has 192 valence electrons. The molecule has 2 aromatic rings. The topological polar surface area (TPSA) is 85.3 Å². The molecule has 1 atom stereocenters. The maximum absolute atomic E-state index is 13.3. The highest BCUT2D eigenvalue weighted by Crippen LogP contribution is 2.41. The molecule has 1 unspecified atom stereocenters. The molecule has 1 N–H and O–H groups in total. The van der Waals surface area contributed by atoms with E-state index in [-0.39, 0.29) is 5.57 Å². The highest BCUT2D eigenvalue weighted by Gasteiger charge is 2.42. The summed E-state index contributed by atoms with van der Waals surface area (Å²) in [6, 6.07) is 14.0. The molecule has 0 radical (unpaired) electrons. The third-order valence-electron chi connectivity index (χ3n) is 6.05. The molecule has 0 aromatic heterocycles. The average Bonchev–Trinajstić information content (AvgIpc) is 3.15. The Morgan fingerprint density at radius 3 is 2.50 bits per heavy atom. The van der Waals surface area contributed by atoms with Crippen LogP contribution in [0.3, 0.4) is 0 Å². The lowest BCUT2D eigenvalue weighted by Gasteiger charge is -2.27. The molecule has 1 amide bonds. The van der Waals surface area contributed by atoms with Crippen molar-refractivity contribution in [1.29, 1.82) is 0 Å². The summed E-state index contributed by atoms with van der Waals surface area (Å²) in [6.07, 6.45) is 6.73. The van der Waals surface area contributed by atoms with Crippen molar-refractivity contribution in [2.45, 2.75) is 38.6 Å². The lowest BCUT2D eigenvalue weighted by Crippen LogP contribution is -2.32. The zero-order valence-corrected chi connectivity index (χ0v) is 21.2. The SMILES string of the molecule is CCCCCOc1ccc(C2C(C(=O)/C=C/c3ccccc3)=C(O)C(=O)N2CCCOC)cc1OC. The van der Waals surface area contributed by atoms with E-state index >= 15 is 0 Å². The summed E-state index contributed by atoms with van der Waals surface area (Å²) in [6.45, 7) is 3.47. The molecule has 7 nitrogen and oxygen atoms in total. The minimum atomic E-state index is -0.759. The number of ether oxygens (including phenoxy) is 3. The van der Waals surface area contributed by atoms with Crippen molar-refractivity contribution in [3.8, 4) is 11.5 Å². The maximum atomic E-state index is 13.3. The number of ketones is 1. The van der Waals surface area contributed by atoms with Gasteiger partial charge in [0.05, 0.1) is 25.3 Å². The van der Waals surface area contributed by atoms with Crippen LogP contribution in [0.15, 0.2) is 65.9 Å². The Balaban J connectivity index is 1.94. The van der Waals surface area contributed by atoms with Crippen LogP contribution in [0.1, 0.15) is 49.8 Å². The van der Waals surface area contributed by atoms with Gasteiger partial charge in [-0.05, 0) is 42.2 Å². The number of carbonyl (C=O) groups excluding carboxylic acids is 2. The van der Waals surface area contributed by atoms with Crippen molar-refractivity contribution in [3.05, 3.63) is 77.1 Å². The Hall–Kier alpha value is -3.58. The summed E-state index contributed by atoms with van der Waals surface area (Å²) in [4.78, 5) is 27.8. The molecule has 1 heterocycles. The van der Waals surface area contributed by atoms with Gasteiger partial charge in [0.1, 0.15) is 0 Å². The highest BCUT2D eigenvalue weighted by atomic mass is 16.5. The Labute approximate surface area is 213 Å². The van der Waals surface area contributed by atoms with E-state index in [9.17, 15) is 14.7 Å². The zero-order chi connectivity index (χ0) is 25.9. The van der Waals surface area contributed by atoms with Gasteiger partial charge in [0.15, 0.2) is 23.0 Å². The van der Waals surface area contributed by atoms with Gasteiger partial charge in [0.25, 0.3) is 5.91 Å². The van der Waals surface area contributed by atoms with Gasteiger partial charge in [0.2, 0.25) is 0 Å². The van der Waals surface area contributed by atoms with Crippen LogP contribution in [-0.2, 0) is 14.3 Å². The van der Waals surface area contributed by atoms with Gasteiger partial charge in [-0.2, -0.15) is 0 Å². The van der Waals surface area contributed by atoms with Gasteiger partial charge in [-0.15, -0.1) is 0 Å². The zero-order valence-electron chi connectivity index (χ0n) is 21.2. The molecule has 1 aliphatic heterocycles. The van der Waals surface area contributed by atoms with Crippen LogP contribution in [0.2, 0.25) is 0 Å². The second-order valence-electron chi connectivity index (χ2n) is 8.58. The summed E-state index contributed by atoms with van der Waals surface area (Å²) < 4.78 is 16.6.